The summed E-state index contributed by atoms with van der Waals surface area (Å²) in [5.74, 6) is 1.13. The van der Waals surface area contributed by atoms with E-state index in [0.717, 1.165) is 13.0 Å². The number of hydrogen-bond donors (Lipinski definition) is 1. The van der Waals surface area contributed by atoms with Gasteiger partial charge in [-0.05, 0) is 36.2 Å². The molecular formula is C16H17ClN2. The van der Waals surface area contributed by atoms with Crippen LogP contribution in [0.1, 0.15) is 17.0 Å². The second kappa shape index (κ2) is 4.12. The van der Waals surface area contributed by atoms with Crippen molar-refractivity contribution in [3.8, 4) is 0 Å². The molecule has 1 aromatic heterocycles. The first-order valence-corrected chi connectivity index (χ1v) is 7.36. The minimum Gasteiger partial charge on any atom is -0.361 e. The van der Waals surface area contributed by atoms with Crippen LogP contribution in [0.2, 0.25) is 0 Å². The monoisotopic (exact) mass is 272 g/mol. The molecule has 0 radical (unpaired) electrons. The number of aromatic amines is 1. The van der Waals surface area contributed by atoms with E-state index in [4.69, 9.17) is 11.6 Å². The molecule has 4 rings (SSSR count). The van der Waals surface area contributed by atoms with E-state index < -0.39 is 0 Å². The molecule has 2 aliphatic rings. The number of halogens is 1. The van der Waals surface area contributed by atoms with E-state index in [1.807, 2.05) is 0 Å². The zero-order chi connectivity index (χ0) is 13.0. The fourth-order valence-corrected chi connectivity index (χ4v) is 3.92. The number of hydrogen-bond acceptors (Lipinski definition) is 1. The minimum atomic E-state index is 0.486. The van der Waals surface area contributed by atoms with E-state index >= 15 is 0 Å². The quantitative estimate of drug-likeness (QED) is 0.623. The van der Waals surface area contributed by atoms with E-state index in [0.29, 0.717) is 17.8 Å². The lowest BCUT2D eigenvalue weighted by Gasteiger charge is -2.41. The predicted octanol–water partition coefficient (Wildman–Crippen LogP) is 3.29. The molecule has 1 N–H and O–H groups in total. The zero-order valence-electron chi connectivity index (χ0n) is 11.0. The molecule has 0 unspecified atom stereocenters. The average molecular weight is 273 g/mol. The van der Waals surface area contributed by atoms with Crippen molar-refractivity contribution < 1.29 is 0 Å². The van der Waals surface area contributed by atoms with Crippen molar-refractivity contribution in [2.24, 2.45) is 0 Å². The lowest BCUT2D eigenvalue weighted by molar-refractivity contribution is 0.225. The van der Waals surface area contributed by atoms with Crippen molar-refractivity contribution in [2.45, 2.75) is 18.4 Å². The van der Waals surface area contributed by atoms with Gasteiger partial charge in [0.25, 0.3) is 0 Å². The lowest BCUT2D eigenvalue weighted by Crippen LogP contribution is -2.44. The van der Waals surface area contributed by atoms with E-state index in [2.05, 4.69) is 47.4 Å². The normalized spacial score (nSPS) is 26.3. The Hall–Kier alpha value is -1.25. The highest BCUT2D eigenvalue weighted by Crippen LogP contribution is 2.41. The maximum absolute atomic E-state index is 6.06. The number of aromatic nitrogens is 1. The average Bonchev–Trinajstić information content (AvgIpc) is 2.85. The number of alkyl halides is 1. The Balaban J connectivity index is 1.95. The van der Waals surface area contributed by atoms with Gasteiger partial charge in [-0.25, -0.2) is 0 Å². The van der Waals surface area contributed by atoms with Gasteiger partial charge in [0.05, 0.1) is 0 Å². The summed E-state index contributed by atoms with van der Waals surface area (Å²) in [4.78, 5) is 5.86. The van der Waals surface area contributed by atoms with Crippen molar-refractivity contribution in [3.63, 3.8) is 0 Å². The molecule has 0 amide bonds. The molecule has 2 aromatic rings. The van der Waals surface area contributed by atoms with Crippen LogP contribution in [0.15, 0.2) is 36.0 Å². The lowest BCUT2D eigenvalue weighted by atomic mass is 9.77. The van der Waals surface area contributed by atoms with Crippen LogP contribution in [0.5, 0.6) is 0 Å². The van der Waals surface area contributed by atoms with Crippen molar-refractivity contribution >= 4 is 22.5 Å². The third-order valence-corrected chi connectivity index (χ3v) is 4.97. The maximum atomic E-state index is 6.06. The first-order valence-electron chi connectivity index (χ1n) is 6.82. The summed E-state index contributed by atoms with van der Waals surface area (Å²) < 4.78 is 0. The highest BCUT2D eigenvalue weighted by Gasteiger charge is 2.35. The van der Waals surface area contributed by atoms with E-state index in [-0.39, 0.29) is 0 Å². The molecule has 3 heteroatoms. The fraction of sp³-hybridized carbons (Fsp3) is 0.375. The standard InChI is InChI=1S/C16H17ClN2/c1-19-9-10(7-17)5-13-12-3-2-4-14-16(12)11(8-18-14)6-15(13)19/h2-5,8,13,15,18H,6-7,9H2,1H3/t13-,15-/m1/s1. The van der Waals surface area contributed by atoms with Crippen molar-refractivity contribution in [2.75, 3.05) is 19.5 Å². The maximum Gasteiger partial charge on any atom is 0.0459 e. The molecular weight excluding hydrogens is 256 g/mol. The van der Waals surface area contributed by atoms with Crippen molar-refractivity contribution in [3.05, 3.63) is 47.2 Å². The number of rotatable bonds is 1. The molecule has 0 saturated heterocycles. The number of likely N-dealkylation sites (N-methyl/N-ethyl adjacent to an activating group) is 1. The summed E-state index contributed by atoms with van der Waals surface area (Å²) in [6, 6.07) is 7.17. The molecule has 2 atom stereocenters. The van der Waals surface area contributed by atoms with Crippen LogP contribution in [0.25, 0.3) is 10.9 Å². The number of benzene rings is 1. The Morgan fingerprint density at radius 1 is 1.42 bits per heavy atom. The SMILES string of the molecule is CN1CC(CCl)=C[C@@H]2c3cccc4[nH]cc(c34)C[C@H]21. The molecule has 1 aliphatic heterocycles. The Labute approximate surface area is 118 Å². The van der Waals surface area contributed by atoms with E-state index in [9.17, 15) is 0 Å². The molecule has 1 aromatic carbocycles. The highest BCUT2D eigenvalue weighted by atomic mass is 35.5. The van der Waals surface area contributed by atoms with Crippen LogP contribution in [-0.2, 0) is 6.42 Å². The number of nitrogens with zero attached hydrogens (tertiary/aromatic N) is 1. The smallest absolute Gasteiger partial charge is 0.0459 e. The van der Waals surface area contributed by atoms with Crippen molar-refractivity contribution in [1.82, 2.24) is 9.88 Å². The fourth-order valence-electron chi connectivity index (χ4n) is 3.75. The van der Waals surface area contributed by atoms with Crippen LogP contribution < -0.4 is 0 Å². The van der Waals surface area contributed by atoms with Crippen molar-refractivity contribution in [1.29, 1.82) is 0 Å². The summed E-state index contributed by atoms with van der Waals surface area (Å²) in [6.07, 6.45) is 5.71. The summed E-state index contributed by atoms with van der Waals surface area (Å²) >= 11 is 6.06. The van der Waals surface area contributed by atoms with Crippen LogP contribution in [-0.4, -0.2) is 35.4 Å². The van der Waals surface area contributed by atoms with Gasteiger partial charge >= 0.3 is 0 Å². The molecule has 0 saturated carbocycles. The van der Waals surface area contributed by atoms with Gasteiger partial charge in [0, 0.05) is 41.5 Å². The first kappa shape index (κ1) is 11.6. The molecule has 0 bridgehead atoms. The second-order valence-electron chi connectivity index (χ2n) is 5.75. The number of fused-ring (bicyclic) bond motifs is 2. The molecule has 0 spiro atoms. The molecule has 0 fully saturated rings. The van der Waals surface area contributed by atoms with Gasteiger partial charge < -0.3 is 4.98 Å². The van der Waals surface area contributed by atoms with Gasteiger partial charge in [0.15, 0.2) is 0 Å². The number of nitrogens with one attached hydrogen (secondary N) is 1. The van der Waals surface area contributed by atoms with E-state index in [1.54, 1.807) is 0 Å². The molecule has 19 heavy (non-hydrogen) atoms. The topological polar surface area (TPSA) is 19.0 Å². The Kier molecular flexibility index (Phi) is 2.51. The Morgan fingerprint density at radius 3 is 3.16 bits per heavy atom. The van der Waals surface area contributed by atoms with Gasteiger partial charge in [0.1, 0.15) is 0 Å². The van der Waals surface area contributed by atoms with Gasteiger partial charge in [0.2, 0.25) is 0 Å². The van der Waals surface area contributed by atoms with Crippen LogP contribution in [0, 0.1) is 0 Å². The molecule has 98 valence electrons. The van der Waals surface area contributed by atoms with Gasteiger partial charge in [-0.15, -0.1) is 11.6 Å². The minimum absolute atomic E-state index is 0.486. The molecule has 1 aliphatic carbocycles. The van der Waals surface area contributed by atoms with E-state index in [1.165, 1.54) is 27.6 Å². The highest BCUT2D eigenvalue weighted by molar-refractivity contribution is 6.19. The number of H-pyrrole nitrogens is 1. The summed E-state index contributed by atoms with van der Waals surface area (Å²) in [7, 11) is 2.22. The second-order valence-corrected chi connectivity index (χ2v) is 6.02. The van der Waals surface area contributed by atoms with Gasteiger partial charge in [-0.1, -0.05) is 18.2 Å². The zero-order valence-corrected chi connectivity index (χ0v) is 11.7. The van der Waals surface area contributed by atoms with Crippen LogP contribution in [0.3, 0.4) is 0 Å². The van der Waals surface area contributed by atoms with Crippen LogP contribution >= 0.6 is 11.6 Å². The van der Waals surface area contributed by atoms with Gasteiger partial charge in [-0.2, -0.15) is 0 Å². The summed E-state index contributed by atoms with van der Waals surface area (Å²) in [5.41, 5.74) is 5.53. The van der Waals surface area contributed by atoms with Crippen LogP contribution in [0.4, 0.5) is 0 Å². The molecule has 2 nitrogen and oxygen atoms in total. The predicted molar refractivity (Wildman–Crippen MR) is 80.0 cm³/mol. The third-order valence-electron chi connectivity index (χ3n) is 4.63. The third kappa shape index (κ3) is 1.60. The summed E-state index contributed by atoms with van der Waals surface area (Å²) in [6.45, 7) is 1.00. The largest absolute Gasteiger partial charge is 0.361 e. The Morgan fingerprint density at radius 2 is 2.32 bits per heavy atom. The Bertz CT molecular complexity index is 670. The molecule has 2 heterocycles. The van der Waals surface area contributed by atoms with Gasteiger partial charge in [-0.3, -0.25) is 4.90 Å². The summed E-state index contributed by atoms with van der Waals surface area (Å²) in [5, 5.41) is 1.43. The first-order chi connectivity index (χ1) is 9.28.